The van der Waals surface area contributed by atoms with E-state index in [9.17, 15) is 22.8 Å². The molecule has 7 heteroatoms. The lowest BCUT2D eigenvalue weighted by Crippen LogP contribution is -2.47. The topological polar surface area (TPSA) is 46.6 Å². The number of fused-ring (bicyclic) bond motifs is 2. The zero-order valence-corrected chi connectivity index (χ0v) is 13.4. The zero-order valence-electron chi connectivity index (χ0n) is 13.4. The summed E-state index contributed by atoms with van der Waals surface area (Å²) in [5.74, 6) is -4.16. The van der Waals surface area contributed by atoms with Crippen LogP contribution in [0.25, 0.3) is 0 Å². The molecule has 0 radical (unpaired) electrons. The van der Waals surface area contributed by atoms with Crippen LogP contribution in [0.3, 0.4) is 0 Å². The van der Waals surface area contributed by atoms with Crippen molar-refractivity contribution in [2.45, 2.75) is 37.3 Å². The standard InChI is InChI=1S/C17H18F3NO3/c1-3-13(18)10-4-5-11-12(6-10)16(8-17(16,19)20)9-21(15(11)23)7-14(22)24-2/h4-6,13H,3,7-9H2,1-2H3. The molecule has 1 aromatic rings. The monoisotopic (exact) mass is 341 g/mol. The Morgan fingerprint density at radius 2 is 2.08 bits per heavy atom. The third-order valence-electron chi connectivity index (χ3n) is 4.90. The number of halogens is 3. The third kappa shape index (κ3) is 2.37. The van der Waals surface area contributed by atoms with Crippen LogP contribution >= 0.6 is 0 Å². The van der Waals surface area contributed by atoms with E-state index < -0.39 is 35.8 Å². The van der Waals surface area contributed by atoms with Gasteiger partial charge >= 0.3 is 5.97 Å². The summed E-state index contributed by atoms with van der Waals surface area (Å²) < 4.78 is 46.7. The van der Waals surface area contributed by atoms with Crippen LogP contribution in [0.2, 0.25) is 0 Å². The second kappa shape index (κ2) is 5.50. The van der Waals surface area contributed by atoms with E-state index in [0.29, 0.717) is 5.56 Å². The summed E-state index contributed by atoms with van der Waals surface area (Å²) in [6, 6.07) is 4.22. The second-order valence-electron chi connectivity index (χ2n) is 6.38. The third-order valence-corrected chi connectivity index (χ3v) is 4.90. The van der Waals surface area contributed by atoms with E-state index in [0.717, 1.165) is 4.90 Å². The minimum atomic E-state index is -2.98. The number of ether oxygens (including phenoxy) is 1. The summed E-state index contributed by atoms with van der Waals surface area (Å²) in [6.45, 7) is 1.01. The number of nitrogens with zero attached hydrogens (tertiary/aromatic N) is 1. The maximum Gasteiger partial charge on any atom is 0.325 e. The number of benzene rings is 1. The Labute approximate surface area is 137 Å². The zero-order chi connectivity index (χ0) is 17.7. The van der Waals surface area contributed by atoms with Crippen LogP contribution in [-0.2, 0) is 14.9 Å². The van der Waals surface area contributed by atoms with Crippen molar-refractivity contribution >= 4 is 11.9 Å². The Balaban J connectivity index is 2.05. The van der Waals surface area contributed by atoms with E-state index in [1.165, 1.54) is 25.3 Å². The van der Waals surface area contributed by atoms with Gasteiger partial charge in [0.05, 0.1) is 12.5 Å². The SMILES string of the molecule is CCC(F)c1ccc2c(c1)C1(CN(CC(=O)OC)C2=O)CC1(F)F. The number of carbonyl (C=O) groups excluding carboxylic acids is 2. The van der Waals surface area contributed by atoms with Crippen LogP contribution in [0.5, 0.6) is 0 Å². The van der Waals surface area contributed by atoms with Crippen molar-refractivity contribution in [2.75, 3.05) is 20.2 Å². The van der Waals surface area contributed by atoms with Gasteiger partial charge in [0.2, 0.25) is 0 Å². The first kappa shape index (κ1) is 16.8. The van der Waals surface area contributed by atoms with Crippen molar-refractivity contribution in [1.29, 1.82) is 0 Å². The Kier molecular flexibility index (Phi) is 3.85. The van der Waals surface area contributed by atoms with E-state index in [1.54, 1.807) is 6.92 Å². The Morgan fingerprint density at radius 1 is 1.42 bits per heavy atom. The molecule has 3 rings (SSSR count). The van der Waals surface area contributed by atoms with Gasteiger partial charge in [-0.15, -0.1) is 0 Å². The molecule has 1 amide bonds. The molecule has 1 aliphatic carbocycles. The largest absolute Gasteiger partial charge is 0.468 e. The van der Waals surface area contributed by atoms with Crippen molar-refractivity contribution in [1.82, 2.24) is 4.90 Å². The highest BCUT2D eigenvalue weighted by molar-refractivity contribution is 5.99. The molecule has 0 bridgehead atoms. The molecule has 1 aliphatic heterocycles. The van der Waals surface area contributed by atoms with Crippen molar-refractivity contribution in [3.63, 3.8) is 0 Å². The minimum absolute atomic E-state index is 0.106. The van der Waals surface area contributed by atoms with Gasteiger partial charge in [-0.3, -0.25) is 9.59 Å². The maximum absolute atomic E-state index is 14.1. The predicted molar refractivity (Wildman–Crippen MR) is 79.7 cm³/mol. The molecule has 130 valence electrons. The first-order chi connectivity index (χ1) is 11.3. The van der Waals surface area contributed by atoms with Gasteiger partial charge in [0.15, 0.2) is 0 Å². The molecular weight excluding hydrogens is 323 g/mol. The molecule has 1 aromatic carbocycles. The van der Waals surface area contributed by atoms with Crippen LogP contribution in [0.1, 0.15) is 47.4 Å². The number of hydrogen-bond acceptors (Lipinski definition) is 3. The molecule has 2 aliphatic rings. The number of rotatable bonds is 4. The van der Waals surface area contributed by atoms with Crippen LogP contribution in [0.15, 0.2) is 18.2 Å². The summed E-state index contributed by atoms with van der Waals surface area (Å²) in [6.07, 6.45) is -1.45. The highest BCUT2D eigenvalue weighted by Crippen LogP contribution is 2.64. The molecule has 4 nitrogen and oxygen atoms in total. The molecular formula is C17H18F3NO3. The van der Waals surface area contributed by atoms with Gasteiger partial charge in [-0.25, -0.2) is 13.2 Å². The van der Waals surface area contributed by atoms with Crippen LogP contribution in [0, 0.1) is 0 Å². The second-order valence-corrected chi connectivity index (χ2v) is 6.38. The van der Waals surface area contributed by atoms with Crippen LogP contribution in [-0.4, -0.2) is 42.9 Å². The molecule has 1 fully saturated rings. The van der Waals surface area contributed by atoms with E-state index in [1.807, 2.05) is 0 Å². The fraction of sp³-hybridized carbons (Fsp3) is 0.529. The van der Waals surface area contributed by atoms with Crippen LogP contribution < -0.4 is 0 Å². The molecule has 2 atom stereocenters. The quantitative estimate of drug-likeness (QED) is 0.791. The Bertz CT molecular complexity index is 706. The predicted octanol–water partition coefficient (Wildman–Crippen LogP) is 3.01. The number of amides is 1. The average Bonchev–Trinajstić information content (AvgIpc) is 3.12. The normalized spacial score (nSPS) is 25.4. The van der Waals surface area contributed by atoms with E-state index in [-0.39, 0.29) is 30.6 Å². The Hall–Kier alpha value is -2.05. The molecule has 1 spiro atoms. The lowest BCUT2D eigenvalue weighted by atomic mass is 9.84. The molecule has 2 unspecified atom stereocenters. The lowest BCUT2D eigenvalue weighted by Gasteiger charge is -2.34. The highest BCUT2D eigenvalue weighted by atomic mass is 19.3. The maximum atomic E-state index is 14.1. The summed E-state index contributed by atoms with van der Waals surface area (Å²) in [5.41, 5.74) is -0.942. The van der Waals surface area contributed by atoms with Crippen LogP contribution in [0.4, 0.5) is 13.2 Å². The Morgan fingerprint density at radius 3 is 2.62 bits per heavy atom. The number of carbonyl (C=O) groups is 2. The van der Waals surface area contributed by atoms with E-state index in [2.05, 4.69) is 4.74 Å². The van der Waals surface area contributed by atoms with Gasteiger partial charge in [-0.2, -0.15) is 0 Å². The molecule has 1 heterocycles. The summed E-state index contributed by atoms with van der Waals surface area (Å²) >= 11 is 0. The van der Waals surface area contributed by atoms with Crippen molar-refractivity contribution < 1.29 is 27.5 Å². The fourth-order valence-corrected chi connectivity index (χ4v) is 3.37. The fourth-order valence-electron chi connectivity index (χ4n) is 3.37. The van der Waals surface area contributed by atoms with Gasteiger partial charge in [-0.1, -0.05) is 19.1 Å². The summed E-state index contributed by atoms with van der Waals surface area (Å²) in [4.78, 5) is 25.1. The summed E-state index contributed by atoms with van der Waals surface area (Å²) in [7, 11) is 1.17. The van der Waals surface area contributed by atoms with Gasteiger partial charge in [0.1, 0.15) is 12.7 Å². The molecule has 0 saturated heterocycles. The van der Waals surface area contributed by atoms with Gasteiger partial charge in [-0.05, 0) is 23.6 Å². The first-order valence-corrected chi connectivity index (χ1v) is 7.78. The molecule has 1 saturated carbocycles. The number of alkyl halides is 3. The first-order valence-electron chi connectivity index (χ1n) is 7.78. The number of hydrogen-bond donors (Lipinski definition) is 0. The molecule has 0 N–H and O–H groups in total. The van der Waals surface area contributed by atoms with Gasteiger partial charge < -0.3 is 9.64 Å². The lowest BCUT2D eigenvalue weighted by molar-refractivity contribution is -0.141. The van der Waals surface area contributed by atoms with Crippen molar-refractivity contribution in [3.05, 3.63) is 34.9 Å². The average molecular weight is 341 g/mol. The van der Waals surface area contributed by atoms with Gasteiger partial charge in [0.25, 0.3) is 11.8 Å². The molecule has 0 aromatic heterocycles. The molecule has 24 heavy (non-hydrogen) atoms. The highest BCUT2D eigenvalue weighted by Gasteiger charge is 2.74. The van der Waals surface area contributed by atoms with E-state index >= 15 is 0 Å². The van der Waals surface area contributed by atoms with Gasteiger partial charge in [0, 0.05) is 18.5 Å². The smallest absolute Gasteiger partial charge is 0.325 e. The van der Waals surface area contributed by atoms with Crippen molar-refractivity contribution in [3.8, 4) is 0 Å². The van der Waals surface area contributed by atoms with Crippen molar-refractivity contribution in [2.24, 2.45) is 0 Å². The number of esters is 1. The number of methoxy groups -OCH3 is 1. The van der Waals surface area contributed by atoms with E-state index in [4.69, 9.17) is 0 Å². The summed E-state index contributed by atoms with van der Waals surface area (Å²) in [5, 5.41) is 0. The minimum Gasteiger partial charge on any atom is -0.468 e.